The van der Waals surface area contributed by atoms with E-state index in [9.17, 15) is 4.79 Å². The summed E-state index contributed by atoms with van der Waals surface area (Å²) in [7, 11) is 1.74. The molecular formula is C20H19Cl2N3O2. The van der Waals surface area contributed by atoms with Crippen molar-refractivity contribution in [1.29, 1.82) is 0 Å². The zero-order valence-corrected chi connectivity index (χ0v) is 16.3. The summed E-state index contributed by atoms with van der Waals surface area (Å²) in [5.74, 6) is 0.605. The van der Waals surface area contributed by atoms with Crippen molar-refractivity contribution in [2.24, 2.45) is 0 Å². The zero-order chi connectivity index (χ0) is 19.2. The molecule has 1 aromatic heterocycles. The van der Waals surface area contributed by atoms with Crippen LogP contribution >= 0.6 is 23.2 Å². The van der Waals surface area contributed by atoms with Crippen molar-refractivity contribution >= 4 is 29.1 Å². The molecule has 0 unspecified atom stereocenters. The number of likely N-dealkylation sites (N-methyl/N-ethyl adjacent to an activating group) is 1. The summed E-state index contributed by atoms with van der Waals surface area (Å²) in [6.07, 6.45) is 3.29. The molecule has 0 aliphatic rings. The van der Waals surface area contributed by atoms with Gasteiger partial charge in [-0.1, -0.05) is 41.4 Å². The molecule has 0 saturated carbocycles. The molecule has 0 radical (unpaired) electrons. The fourth-order valence-electron chi connectivity index (χ4n) is 2.51. The number of ether oxygens (including phenoxy) is 1. The zero-order valence-electron chi connectivity index (χ0n) is 14.8. The first kappa shape index (κ1) is 19.3. The largest absolute Gasteiger partial charge is 0.492 e. The number of rotatable bonds is 7. The smallest absolute Gasteiger partial charge is 0.256 e. The summed E-state index contributed by atoms with van der Waals surface area (Å²) in [4.78, 5) is 14.1. The van der Waals surface area contributed by atoms with Crippen LogP contribution in [0.2, 0.25) is 10.0 Å². The maximum absolute atomic E-state index is 12.5. The van der Waals surface area contributed by atoms with Gasteiger partial charge in [0.15, 0.2) is 0 Å². The maximum atomic E-state index is 12.5. The van der Waals surface area contributed by atoms with Crippen LogP contribution in [0.25, 0.3) is 0 Å². The minimum atomic E-state index is -0.111. The summed E-state index contributed by atoms with van der Waals surface area (Å²) in [6.45, 7) is 1.35. The van der Waals surface area contributed by atoms with Crippen LogP contribution in [-0.2, 0) is 6.54 Å². The molecule has 0 bridgehead atoms. The Balaban J connectivity index is 1.53. The van der Waals surface area contributed by atoms with Gasteiger partial charge in [0.2, 0.25) is 0 Å². The molecule has 0 atom stereocenters. The highest BCUT2D eigenvalue weighted by molar-refractivity contribution is 6.31. The van der Waals surface area contributed by atoms with E-state index in [1.54, 1.807) is 53.3 Å². The highest BCUT2D eigenvalue weighted by Crippen LogP contribution is 2.17. The van der Waals surface area contributed by atoms with Crippen LogP contribution in [0.4, 0.5) is 0 Å². The molecule has 1 heterocycles. The Morgan fingerprint density at radius 1 is 1.15 bits per heavy atom. The lowest BCUT2D eigenvalue weighted by Crippen LogP contribution is -2.30. The second-order valence-electron chi connectivity index (χ2n) is 6.05. The van der Waals surface area contributed by atoms with E-state index in [0.29, 0.717) is 41.1 Å². The molecule has 3 aromatic rings. The molecule has 5 nitrogen and oxygen atoms in total. The van der Waals surface area contributed by atoms with Crippen molar-refractivity contribution < 1.29 is 9.53 Å². The number of carbonyl (C=O) groups is 1. The first-order chi connectivity index (χ1) is 13.0. The molecule has 0 aliphatic carbocycles. The Morgan fingerprint density at radius 2 is 1.89 bits per heavy atom. The monoisotopic (exact) mass is 403 g/mol. The molecule has 3 rings (SSSR count). The van der Waals surface area contributed by atoms with Gasteiger partial charge in [-0.25, -0.2) is 0 Å². The predicted molar refractivity (Wildman–Crippen MR) is 107 cm³/mol. The molecule has 1 amide bonds. The van der Waals surface area contributed by atoms with Crippen LogP contribution in [0.1, 0.15) is 15.9 Å². The fraction of sp³-hybridized carbons (Fsp3) is 0.200. The van der Waals surface area contributed by atoms with Gasteiger partial charge in [-0.15, -0.1) is 0 Å². The van der Waals surface area contributed by atoms with E-state index in [4.69, 9.17) is 27.9 Å². The minimum Gasteiger partial charge on any atom is -0.492 e. The average molecular weight is 404 g/mol. The quantitative estimate of drug-likeness (QED) is 0.587. The van der Waals surface area contributed by atoms with E-state index in [0.717, 1.165) is 5.56 Å². The Hall–Kier alpha value is -2.50. The highest BCUT2D eigenvalue weighted by Gasteiger charge is 2.14. The van der Waals surface area contributed by atoms with Gasteiger partial charge in [0.1, 0.15) is 12.4 Å². The Morgan fingerprint density at radius 3 is 2.63 bits per heavy atom. The third kappa shape index (κ3) is 5.25. The predicted octanol–water partition coefficient (Wildman–Crippen LogP) is 4.39. The first-order valence-electron chi connectivity index (χ1n) is 8.42. The lowest BCUT2D eigenvalue weighted by molar-refractivity contribution is 0.0773. The molecule has 27 heavy (non-hydrogen) atoms. The van der Waals surface area contributed by atoms with Gasteiger partial charge in [-0.3, -0.25) is 9.48 Å². The molecule has 0 aliphatic heterocycles. The lowest BCUT2D eigenvalue weighted by atomic mass is 10.2. The van der Waals surface area contributed by atoms with Crippen LogP contribution in [0.5, 0.6) is 5.75 Å². The topological polar surface area (TPSA) is 47.4 Å². The van der Waals surface area contributed by atoms with E-state index in [1.165, 1.54) is 0 Å². The number of benzene rings is 2. The second kappa shape index (κ2) is 8.93. The van der Waals surface area contributed by atoms with Crippen LogP contribution in [0.15, 0.2) is 60.9 Å². The van der Waals surface area contributed by atoms with Gasteiger partial charge < -0.3 is 9.64 Å². The summed E-state index contributed by atoms with van der Waals surface area (Å²) in [6, 6.07) is 14.7. The Labute approximate surface area is 168 Å². The van der Waals surface area contributed by atoms with Crippen LogP contribution in [0, 0.1) is 0 Å². The number of hydrogen-bond donors (Lipinski definition) is 0. The third-order valence-corrected chi connectivity index (χ3v) is 4.65. The van der Waals surface area contributed by atoms with Crippen molar-refractivity contribution in [3.05, 3.63) is 82.1 Å². The minimum absolute atomic E-state index is 0.111. The summed E-state index contributed by atoms with van der Waals surface area (Å²) < 4.78 is 7.33. The second-order valence-corrected chi connectivity index (χ2v) is 6.89. The molecule has 7 heteroatoms. The number of nitrogens with zero attached hydrogens (tertiary/aromatic N) is 3. The molecular weight excluding hydrogens is 385 g/mol. The number of halogens is 2. The Bertz CT molecular complexity index is 910. The number of carbonyl (C=O) groups excluding carboxylic acids is 1. The maximum Gasteiger partial charge on any atom is 0.256 e. The molecule has 0 saturated heterocycles. The first-order valence-corrected chi connectivity index (χ1v) is 9.18. The summed E-state index contributed by atoms with van der Waals surface area (Å²) >= 11 is 12.0. The van der Waals surface area contributed by atoms with Gasteiger partial charge in [0, 0.05) is 23.3 Å². The van der Waals surface area contributed by atoms with E-state index >= 15 is 0 Å². The molecule has 0 spiro atoms. The summed E-state index contributed by atoms with van der Waals surface area (Å²) in [5.41, 5.74) is 1.47. The van der Waals surface area contributed by atoms with E-state index in [2.05, 4.69) is 5.10 Å². The molecule has 0 N–H and O–H groups in total. The van der Waals surface area contributed by atoms with Crippen molar-refractivity contribution in [1.82, 2.24) is 14.7 Å². The third-order valence-electron chi connectivity index (χ3n) is 4.03. The molecule has 0 fully saturated rings. The van der Waals surface area contributed by atoms with Crippen molar-refractivity contribution in [2.45, 2.75) is 6.54 Å². The number of aromatic nitrogens is 2. The fourth-order valence-corrected chi connectivity index (χ4v) is 2.84. The van der Waals surface area contributed by atoms with Crippen LogP contribution in [0.3, 0.4) is 0 Å². The lowest BCUT2D eigenvalue weighted by Gasteiger charge is -2.16. The van der Waals surface area contributed by atoms with Gasteiger partial charge in [-0.2, -0.15) is 5.10 Å². The average Bonchev–Trinajstić information content (AvgIpc) is 3.13. The van der Waals surface area contributed by atoms with Gasteiger partial charge >= 0.3 is 0 Å². The number of amides is 1. The van der Waals surface area contributed by atoms with E-state index < -0.39 is 0 Å². The standard InChI is InChI=1S/C20H19Cl2N3O2/c1-24(10-11-27-18-8-6-17(21)7-9-18)20(26)16-12-23-25(14-16)13-15-4-2-3-5-19(15)22/h2-9,12,14H,10-11,13H2,1H3. The van der Waals surface area contributed by atoms with Crippen molar-refractivity contribution in [3.8, 4) is 5.75 Å². The van der Waals surface area contributed by atoms with Crippen LogP contribution in [-0.4, -0.2) is 40.8 Å². The molecule has 140 valence electrons. The van der Waals surface area contributed by atoms with Crippen molar-refractivity contribution in [3.63, 3.8) is 0 Å². The summed E-state index contributed by atoms with van der Waals surface area (Å²) in [5, 5.41) is 5.59. The van der Waals surface area contributed by atoms with E-state index in [1.807, 2.05) is 24.3 Å². The van der Waals surface area contributed by atoms with Crippen LogP contribution < -0.4 is 4.74 Å². The number of hydrogen-bond acceptors (Lipinski definition) is 3. The SMILES string of the molecule is CN(CCOc1ccc(Cl)cc1)C(=O)c1cnn(Cc2ccccc2Cl)c1. The molecule has 2 aromatic carbocycles. The van der Waals surface area contributed by atoms with Gasteiger partial charge in [-0.05, 0) is 35.9 Å². The van der Waals surface area contributed by atoms with Gasteiger partial charge in [0.25, 0.3) is 5.91 Å². The highest BCUT2D eigenvalue weighted by atomic mass is 35.5. The van der Waals surface area contributed by atoms with Gasteiger partial charge in [0.05, 0.1) is 24.8 Å². The Kier molecular flexibility index (Phi) is 6.37. The van der Waals surface area contributed by atoms with E-state index in [-0.39, 0.29) is 5.91 Å². The normalized spacial score (nSPS) is 10.6. The van der Waals surface area contributed by atoms with Crippen molar-refractivity contribution in [2.75, 3.05) is 20.2 Å².